The van der Waals surface area contributed by atoms with E-state index in [2.05, 4.69) is 16.8 Å². The predicted molar refractivity (Wildman–Crippen MR) is 97.9 cm³/mol. The fourth-order valence-electron chi connectivity index (χ4n) is 2.53. The van der Waals surface area contributed by atoms with Gasteiger partial charge in [-0.05, 0) is 46.0 Å². The number of carbonyl (C=O) groups excluding carboxylic acids is 1. The molecule has 0 unspecified atom stereocenters. The minimum atomic E-state index is -1.44. The molecule has 2 amide bonds. The van der Waals surface area contributed by atoms with E-state index in [-0.39, 0.29) is 10.7 Å². The van der Waals surface area contributed by atoms with Crippen LogP contribution in [0.1, 0.15) is 20.8 Å². The quantitative estimate of drug-likeness (QED) is 0.859. The molecule has 2 rings (SSSR count). The summed E-state index contributed by atoms with van der Waals surface area (Å²) in [5.41, 5.74) is 0.175. The third kappa shape index (κ3) is 4.99. The maximum Gasteiger partial charge on any atom is 0.424 e. The molecule has 1 aliphatic heterocycles. The minimum absolute atomic E-state index is 0.0845. The van der Waals surface area contributed by atoms with Gasteiger partial charge in [0.2, 0.25) is 0 Å². The van der Waals surface area contributed by atoms with E-state index < -0.39 is 17.8 Å². The van der Waals surface area contributed by atoms with Crippen molar-refractivity contribution in [3.8, 4) is 0 Å². The molecule has 0 spiro atoms. The maximum absolute atomic E-state index is 12.2. The first kappa shape index (κ1) is 19.3. The average Bonchev–Trinajstić information content (AvgIpc) is 2.47. The molecule has 0 aromatic heterocycles. The van der Waals surface area contributed by atoms with Crippen LogP contribution in [0.2, 0.25) is 5.02 Å². The summed E-state index contributed by atoms with van der Waals surface area (Å²) < 4.78 is 5.16. The largest absolute Gasteiger partial charge is 0.464 e. The van der Waals surface area contributed by atoms with E-state index >= 15 is 0 Å². The van der Waals surface area contributed by atoms with Crippen molar-refractivity contribution in [2.24, 2.45) is 0 Å². The number of rotatable bonds is 2. The molecule has 0 radical (unpaired) electrons. The Bertz CT molecular complexity index is 652. The Kier molecular flexibility index (Phi) is 5.80. The predicted octanol–water partition coefficient (Wildman–Crippen LogP) is 3.51. The van der Waals surface area contributed by atoms with Gasteiger partial charge in [0.15, 0.2) is 0 Å². The van der Waals surface area contributed by atoms with E-state index in [1.807, 2.05) is 0 Å². The van der Waals surface area contributed by atoms with Crippen LogP contribution in [0.25, 0.3) is 0 Å². The normalized spacial score (nSPS) is 15.8. The zero-order chi connectivity index (χ0) is 18.8. The number of amides is 2. The molecular formula is C17H24ClN3O4. The molecular weight excluding hydrogens is 346 g/mol. The first-order valence-electron chi connectivity index (χ1n) is 8.07. The molecule has 0 atom stereocenters. The van der Waals surface area contributed by atoms with Gasteiger partial charge in [0.1, 0.15) is 5.60 Å². The van der Waals surface area contributed by atoms with Crippen LogP contribution in [0.5, 0.6) is 0 Å². The van der Waals surface area contributed by atoms with Crippen LogP contribution >= 0.6 is 11.6 Å². The van der Waals surface area contributed by atoms with Crippen molar-refractivity contribution in [1.82, 2.24) is 4.90 Å². The standard InChI is InChI=1S/C17H24ClN3O4/c1-17(2,3)25-16(24)21(15(22)23)14-6-5-12(11-13(14)18)20-9-7-19(4)8-10-20/h5-6,11H,7-10H2,1-4H3,(H,22,23). The molecule has 1 saturated heterocycles. The average molecular weight is 370 g/mol. The number of carboxylic acid groups (broad SMARTS) is 1. The lowest BCUT2D eigenvalue weighted by Gasteiger charge is -2.34. The number of benzene rings is 1. The molecule has 1 N–H and O–H groups in total. The molecule has 1 aliphatic rings. The second-order valence-electron chi connectivity index (χ2n) is 7.02. The van der Waals surface area contributed by atoms with E-state index in [0.717, 1.165) is 31.9 Å². The van der Waals surface area contributed by atoms with Crippen LogP contribution < -0.4 is 9.80 Å². The summed E-state index contributed by atoms with van der Waals surface area (Å²) in [5.74, 6) is 0. The van der Waals surface area contributed by atoms with Crippen molar-refractivity contribution in [1.29, 1.82) is 0 Å². The van der Waals surface area contributed by atoms with Crippen LogP contribution in [-0.4, -0.2) is 61.0 Å². The van der Waals surface area contributed by atoms with Crippen molar-refractivity contribution in [3.63, 3.8) is 0 Å². The smallest absolute Gasteiger partial charge is 0.424 e. The van der Waals surface area contributed by atoms with E-state index in [9.17, 15) is 14.7 Å². The van der Waals surface area contributed by atoms with Gasteiger partial charge in [-0.15, -0.1) is 0 Å². The lowest BCUT2D eigenvalue weighted by atomic mass is 10.2. The van der Waals surface area contributed by atoms with Crippen molar-refractivity contribution in [2.45, 2.75) is 26.4 Å². The molecule has 1 fully saturated rings. The molecule has 25 heavy (non-hydrogen) atoms. The fourth-order valence-corrected chi connectivity index (χ4v) is 2.78. The summed E-state index contributed by atoms with van der Waals surface area (Å²) in [6.45, 7) is 8.62. The van der Waals surface area contributed by atoms with Crippen molar-refractivity contribution >= 4 is 35.2 Å². The molecule has 1 aromatic carbocycles. The zero-order valence-corrected chi connectivity index (χ0v) is 15.7. The van der Waals surface area contributed by atoms with E-state index in [1.165, 1.54) is 6.07 Å². The summed E-state index contributed by atoms with van der Waals surface area (Å²) in [6.07, 6.45) is -2.42. The molecule has 8 heteroatoms. The molecule has 7 nitrogen and oxygen atoms in total. The van der Waals surface area contributed by atoms with Crippen LogP contribution in [0, 0.1) is 0 Å². The molecule has 0 saturated carbocycles. The number of nitrogens with zero attached hydrogens (tertiary/aromatic N) is 3. The lowest BCUT2D eigenvalue weighted by Crippen LogP contribution is -2.44. The highest BCUT2D eigenvalue weighted by atomic mass is 35.5. The number of piperazine rings is 1. The maximum atomic E-state index is 12.2. The molecule has 0 bridgehead atoms. The number of hydrogen-bond acceptors (Lipinski definition) is 5. The highest BCUT2D eigenvalue weighted by molar-refractivity contribution is 6.35. The third-order valence-corrected chi connectivity index (χ3v) is 4.11. The first-order valence-corrected chi connectivity index (χ1v) is 8.45. The second-order valence-corrected chi connectivity index (χ2v) is 7.43. The van der Waals surface area contributed by atoms with Gasteiger partial charge in [-0.25, -0.2) is 9.59 Å². The third-order valence-electron chi connectivity index (χ3n) is 3.81. The van der Waals surface area contributed by atoms with Crippen LogP contribution in [0.4, 0.5) is 21.0 Å². The van der Waals surface area contributed by atoms with Crippen molar-refractivity contribution in [2.75, 3.05) is 43.0 Å². The number of imide groups is 1. The summed E-state index contributed by atoms with van der Waals surface area (Å²) in [7, 11) is 2.07. The van der Waals surface area contributed by atoms with Gasteiger partial charge < -0.3 is 19.6 Å². The number of anilines is 2. The van der Waals surface area contributed by atoms with Gasteiger partial charge in [0, 0.05) is 31.9 Å². The number of carbonyl (C=O) groups is 2. The van der Waals surface area contributed by atoms with Crippen LogP contribution in [0.3, 0.4) is 0 Å². The molecule has 0 aliphatic carbocycles. The molecule has 1 aromatic rings. The van der Waals surface area contributed by atoms with E-state index in [0.29, 0.717) is 4.90 Å². The van der Waals surface area contributed by atoms with Crippen LogP contribution in [0.15, 0.2) is 18.2 Å². The van der Waals surface area contributed by atoms with Crippen molar-refractivity contribution < 1.29 is 19.4 Å². The number of ether oxygens (including phenoxy) is 1. The minimum Gasteiger partial charge on any atom is -0.464 e. The topological polar surface area (TPSA) is 73.3 Å². The Morgan fingerprint density at radius 3 is 2.28 bits per heavy atom. The SMILES string of the molecule is CN1CCN(c2ccc(N(C(=O)O)C(=O)OC(C)(C)C)c(Cl)c2)CC1. The van der Waals surface area contributed by atoms with Gasteiger partial charge in [-0.3, -0.25) is 0 Å². The monoisotopic (exact) mass is 369 g/mol. The highest BCUT2D eigenvalue weighted by Gasteiger charge is 2.30. The Morgan fingerprint density at radius 1 is 1.20 bits per heavy atom. The van der Waals surface area contributed by atoms with Crippen LogP contribution in [-0.2, 0) is 4.74 Å². The molecule has 1 heterocycles. The van der Waals surface area contributed by atoms with Gasteiger partial charge in [-0.2, -0.15) is 4.90 Å². The van der Waals surface area contributed by atoms with Gasteiger partial charge in [-0.1, -0.05) is 11.6 Å². The second kappa shape index (κ2) is 7.49. The fraction of sp³-hybridized carbons (Fsp3) is 0.529. The number of halogens is 1. The Labute approximate surface area is 152 Å². The van der Waals surface area contributed by atoms with E-state index in [4.69, 9.17) is 16.3 Å². The Balaban J connectivity index is 2.25. The Morgan fingerprint density at radius 2 is 1.80 bits per heavy atom. The van der Waals surface area contributed by atoms with Crippen molar-refractivity contribution in [3.05, 3.63) is 23.2 Å². The number of hydrogen-bond donors (Lipinski definition) is 1. The summed E-state index contributed by atoms with van der Waals surface area (Å²) >= 11 is 6.28. The summed E-state index contributed by atoms with van der Waals surface area (Å²) in [6, 6.07) is 4.99. The summed E-state index contributed by atoms with van der Waals surface area (Å²) in [4.78, 5) is 28.7. The van der Waals surface area contributed by atoms with Gasteiger partial charge >= 0.3 is 12.2 Å². The number of likely N-dealkylation sites (N-methyl/N-ethyl adjacent to an activating group) is 1. The molecule has 138 valence electrons. The van der Waals surface area contributed by atoms with E-state index in [1.54, 1.807) is 32.9 Å². The highest BCUT2D eigenvalue weighted by Crippen LogP contribution is 2.32. The van der Waals surface area contributed by atoms with Gasteiger partial charge in [0.25, 0.3) is 0 Å². The summed E-state index contributed by atoms with van der Waals surface area (Å²) in [5, 5.41) is 9.60. The van der Waals surface area contributed by atoms with Gasteiger partial charge in [0.05, 0.1) is 10.7 Å². The zero-order valence-electron chi connectivity index (χ0n) is 15.0. The Hall–Kier alpha value is -1.99. The first-order chi connectivity index (χ1) is 11.6. The lowest BCUT2D eigenvalue weighted by molar-refractivity contribution is 0.0582.